The van der Waals surface area contributed by atoms with E-state index in [0.717, 1.165) is 16.6 Å². The predicted octanol–water partition coefficient (Wildman–Crippen LogP) is 3.45. The Kier molecular flexibility index (Phi) is 5.81. The molecule has 4 nitrogen and oxygen atoms in total. The molecule has 2 aromatic carbocycles. The number of halogens is 3. The molecule has 23 heavy (non-hydrogen) atoms. The van der Waals surface area contributed by atoms with Crippen LogP contribution in [0.5, 0.6) is 5.75 Å². The number of carbonyl (C=O) groups excluding carboxylic acids is 2. The zero-order valence-corrected chi connectivity index (χ0v) is 13.4. The van der Waals surface area contributed by atoms with Gasteiger partial charge in [-0.05, 0) is 36.4 Å². The van der Waals surface area contributed by atoms with Crippen molar-refractivity contribution in [2.24, 2.45) is 0 Å². The van der Waals surface area contributed by atoms with Gasteiger partial charge < -0.3 is 10.1 Å². The molecule has 0 aliphatic heterocycles. The Hall–Kier alpha value is -2.28. The van der Waals surface area contributed by atoms with Crippen LogP contribution in [0.25, 0.3) is 0 Å². The number of ether oxygens (including phenoxy) is 1. The lowest BCUT2D eigenvalue weighted by Crippen LogP contribution is -2.27. The predicted molar refractivity (Wildman–Crippen MR) is 83.1 cm³/mol. The third-order valence-electron chi connectivity index (χ3n) is 2.84. The van der Waals surface area contributed by atoms with Crippen LogP contribution in [0, 0.1) is 11.6 Å². The van der Waals surface area contributed by atoms with Gasteiger partial charge in [-0.25, -0.2) is 8.78 Å². The molecule has 0 saturated carbocycles. The van der Waals surface area contributed by atoms with E-state index in [2.05, 4.69) is 21.2 Å². The van der Waals surface area contributed by atoms with Crippen molar-refractivity contribution in [1.29, 1.82) is 0 Å². The summed E-state index contributed by atoms with van der Waals surface area (Å²) in [6, 6.07) is 9.34. The van der Waals surface area contributed by atoms with Crippen molar-refractivity contribution < 1.29 is 23.1 Å². The van der Waals surface area contributed by atoms with E-state index in [1.165, 1.54) is 0 Å². The Balaban J connectivity index is 1.81. The molecule has 2 aromatic rings. The number of esters is 1. The Bertz CT molecular complexity index is 720. The normalized spacial score (nSPS) is 10.2. The van der Waals surface area contributed by atoms with Crippen LogP contribution < -0.4 is 10.1 Å². The Morgan fingerprint density at radius 1 is 1.09 bits per heavy atom. The highest BCUT2D eigenvalue weighted by Crippen LogP contribution is 2.16. The number of amides is 1. The van der Waals surface area contributed by atoms with Crippen molar-refractivity contribution in [1.82, 2.24) is 5.32 Å². The molecule has 0 radical (unpaired) electrons. The van der Waals surface area contributed by atoms with E-state index in [1.54, 1.807) is 24.3 Å². The van der Waals surface area contributed by atoms with Crippen molar-refractivity contribution in [3.8, 4) is 5.75 Å². The van der Waals surface area contributed by atoms with Gasteiger partial charge in [0, 0.05) is 17.1 Å². The maximum absolute atomic E-state index is 13.4. The molecule has 1 amide bonds. The fourth-order valence-electron chi connectivity index (χ4n) is 1.73. The monoisotopic (exact) mass is 383 g/mol. The van der Waals surface area contributed by atoms with Crippen LogP contribution in [-0.2, 0) is 4.79 Å². The van der Waals surface area contributed by atoms with Gasteiger partial charge in [-0.15, -0.1) is 0 Å². The van der Waals surface area contributed by atoms with E-state index >= 15 is 0 Å². The SMILES string of the molecule is O=C(CCNC(=O)c1ccc(F)cc1F)Oc1ccc(Br)cc1. The fourth-order valence-corrected chi connectivity index (χ4v) is 2.00. The van der Waals surface area contributed by atoms with E-state index in [9.17, 15) is 18.4 Å². The number of nitrogens with one attached hydrogen (secondary N) is 1. The van der Waals surface area contributed by atoms with Crippen molar-refractivity contribution in [2.75, 3.05) is 6.54 Å². The fraction of sp³-hybridized carbons (Fsp3) is 0.125. The van der Waals surface area contributed by atoms with Crippen molar-refractivity contribution in [3.05, 3.63) is 64.1 Å². The van der Waals surface area contributed by atoms with Gasteiger partial charge in [-0.3, -0.25) is 9.59 Å². The zero-order chi connectivity index (χ0) is 16.8. The van der Waals surface area contributed by atoms with Crippen molar-refractivity contribution in [2.45, 2.75) is 6.42 Å². The number of hydrogen-bond donors (Lipinski definition) is 1. The van der Waals surface area contributed by atoms with Crippen LogP contribution in [0.3, 0.4) is 0 Å². The summed E-state index contributed by atoms with van der Waals surface area (Å²) in [6.07, 6.45) is -0.0788. The molecule has 2 rings (SSSR count). The molecule has 0 unspecified atom stereocenters. The van der Waals surface area contributed by atoms with Crippen LogP contribution >= 0.6 is 15.9 Å². The van der Waals surface area contributed by atoms with Crippen LogP contribution in [0.1, 0.15) is 16.8 Å². The Morgan fingerprint density at radius 2 is 1.78 bits per heavy atom. The maximum Gasteiger partial charge on any atom is 0.312 e. The zero-order valence-electron chi connectivity index (χ0n) is 11.8. The first-order valence-electron chi connectivity index (χ1n) is 6.65. The lowest BCUT2D eigenvalue weighted by atomic mass is 10.2. The quantitative estimate of drug-likeness (QED) is 0.635. The highest BCUT2D eigenvalue weighted by atomic mass is 79.9. The number of benzene rings is 2. The summed E-state index contributed by atoms with van der Waals surface area (Å²) in [4.78, 5) is 23.3. The molecule has 0 aromatic heterocycles. The molecular formula is C16H12BrF2NO3. The molecule has 0 heterocycles. The second-order valence-corrected chi connectivity index (χ2v) is 5.47. The van der Waals surface area contributed by atoms with Crippen molar-refractivity contribution in [3.63, 3.8) is 0 Å². The van der Waals surface area contributed by atoms with Gasteiger partial charge >= 0.3 is 5.97 Å². The van der Waals surface area contributed by atoms with Crippen LogP contribution in [0.4, 0.5) is 8.78 Å². The van der Waals surface area contributed by atoms with Gasteiger partial charge in [0.05, 0.1) is 12.0 Å². The minimum absolute atomic E-state index is 0.0228. The van der Waals surface area contributed by atoms with E-state index in [1.807, 2.05) is 0 Å². The van der Waals surface area contributed by atoms with Gasteiger partial charge in [0.25, 0.3) is 5.91 Å². The summed E-state index contributed by atoms with van der Waals surface area (Å²) in [6.45, 7) is -0.0228. The average molecular weight is 384 g/mol. The van der Waals surface area contributed by atoms with Crippen LogP contribution in [-0.4, -0.2) is 18.4 Å². The van der Waals surface area contributed by atoms with E-state index in [-0.39, 0.29) is 18.5 Å². The largest absolute Gasteiger partial charge is 0.426 e. The smallest absolute Gasteiger partial charge is 0.312 e. The molecule has 0 aliphatic carbocycles. The van der Waals surface area contributed by atoms with Crippen molar-refractivity contribution >= 4 is 27.8 Å². The third kappa shape index (κ3) is 5.14. The minimum atomic E-state index is -0.958. The molecule has 0 saturated heterocycles. The second kappa shape index (κ2) is 7.82. The lowest BCUT2D eigenvalue weighted by Gasteiger charge is -2.07. The van der Waals surface area contributed by atoms with Crippen LogP contribution in [0.15, 0.2) is 46.9 Å². The highest BCUT2D eigenvalue weighted by Gasteiger charge is 2.13. The molecule has 0 bridgehead atoms. The summed E-state index contributed by atoms with van der Waals surface area (Å²) in [5.41, 5.74) is -0.285. The topological polar surface area (TPSA) is 55.4 Å². The second-order valence-electron chi connectivity index (χ2n) is 4.56. The maximum atomic E-state index is 13.4. The Labute approximate surface area is 139 Å². The molecule has 120 valence electrons. The first-order valence-corrected chi connectivity index (χ1v) is 7.44. The summed E-state index contributed by atoms with van der Waals surface area (Å²) in [7, 11) is 0. The molecule has 0 aliphatic rings. The molecule has 7 heteroatoms. The van der Waals surface area contributed by atoms with Gasteiger partial charge in [0.2, 0.25) is 0 Å². The molecule has 0 fully saturated rings. The summed E-state index contributed by atoms with van der Waals surface area (Å²) < 4.78 is 32.1. The van der Waals surface area contributed by atoms with Gasteiger partial charge in [0.15, 0.2) is 0 Å². The molecule has 0 atom stereocenters. The average Bonchev–Trinajstić information content (AvgIpc) is 2.49. The first-order chi connectivity index (χ1) is 11.0. The summed E-state index contributed by atoms with van der Waals surface area (Å²) >= 11 is 3.26. The first kappa shape index (κ1) is 17.1. The number of carbonyl (C=O) groups is 2. The van der Waals surface area contributed by atoms with Gasteiger partial charge in [-0.1, -0.05) is 15.9 Å². The summed E-state index contributed by atoms with van der Waals surface area (Å²) in [5, 5.41) is 2.38. The van der Waals surface area contributed by atoms with E-state index in [0.29, 0.717) is 11.8 Å². The van der Waals surface area contributed by atoms with Crippen LogP contribution in [0.2, 0.25) is 0 Å². The third-order valence-corrected chi connectivity index (χ3v) is 3.36. The minimum Gasteiger partial charge on any atom is -0.426 e. The number of rotatable bonds is 5. The molecule has 1 N–H and O–H groups in total. The highest BCUT2D eigenvalue weighted by molar-refractivity contribution is 9.10. The van der Waals surface area contributed by atoms with Gasteiger partial charge in [0.1, 0.15) is 17.4 Å². The van der Waals surface area contributed by atoms with Gasteiger partial charge in [-0.2, -0.15) is 0 Å². The number of hydrogen-bond acceptors (Lipinski definition) is 3. The Morgan fingerprint density at radius 3 is 2.43 bits per heavy atom. The summed E-state index contributed by atoms with van der Waals surface area (Å²) in [5.74, 6) is -2.60. The lowest BCUT2D eigenvalue weighted by molar-refractivity contribution is -0.134. The molecular weight excluding hydrogens is 372 g/mol. The van der Waals surface area contributed by atoms with E-state index in [4.69, 9.17) is 4.74 Å². The van der Waals surface area contributed by atoms with E-state index < -0.39 is 23.5 Å². The molecule has 0 spiro atoms. The standard InChI is InChI=1S/C16H12BrF2NO3/c17-10-1-4-12(5-2-10)23-15(21)7-8-20-16(22)13-6-3-11(18)9-14(13)19/h1-6,9H,7-8H2,(H,20,22).